The zero-order valence-electron chi connectivity index (χ0n) is 13.0. The van der Waals surface area contributed by atoms with Crippen LogP contribution in [0, 0.1) is 13.8 Å². The lowest BCUT2D eigenvalue weighted by Crippen LogP contribution is -2.07. The second-order valence-corrected chi connectivity index (χ2v) is 5.40. The highest BCUT2D eigenvalue weighted by molar-refractivity contribution is 5.77. The van der Waals surface area contributed by atoms with Crippen LogP contribution in [0.5, 0.6) is 5.75 Å². The Morgan fingerprint density at radius 3 is 2.61 bits per heavy atom. The number of aryl methyl sites for hydroxylation is 2. The summed E-state index contributed by atoms with van der Waals surface area (Å²) in [6.07, 6.45) is 0. The predicted molar refractivity (Wildman–Crippen MR) is 86.5 cm³/mol. The molecule has 0 spiro atoms. The number of aromatic nitrogens is 1. The molecule has 116 valence electrons. The van der Waals surface area contributed by atoms with Crippen LogP contribution in [0.15, 0.2) is 45.6 Å². The van der Waals surface area contributed by atoms with Gasteiger partial charge in [-0.1, -0.05) is 11.6 Å². The van der Waals surface area contributed by atoms with Crippen molar-refractivity contribution in [3.8, 4) is 17.2 Å². The van der Waals surface area contributed by atoms with Crippen molar-refractivity contribution < 1.29 is 13.9 Å². The fraction of sp³-hybridized carbons (Fsp3) is 0.167. The number of carbonyl (C=O) groups excluding carboxylic acids is 1. The maximum atomic E-state index is 12.2. The first-order valence-corrected chi connectivity index (χ1v) is 7.15. The van der Waals surface area contributed by atoms with E-state index in [4.69, 9.17) is 9.15 Å². The smallest absolute Gasteiger partial charge is 0.308 e. The molecule has 0 bridgehead atoms. The minimum atomic E-state index is -0.383. The van der Waals surface area contributed by atoms with Gasteiger partial charge in [-0.15, -0.1) is 0 Å². The first-order chi connectivity index (χ1) is 10.9. The first-order valence-electron chi connectivity index (χ1n) is 7.15. The highest BCUT2D eigenvalue weighted by Crippen LogP contribution is 2.26. The van der Waals surface area contributed by atoms with Gasteiger partial charge in [-0.05, 0) is 49.7 Å². The number of ether oxygens (including phenoxy) is 1. The zero-order valence-corrected chi connectivity index (χ0v) is 13.0. The standard InChI is InChI=1S/C18H15NO4/c1-10-4-6-16-14(8-10)17(21)19-18(23-16)13-5-7-15(11(2)9-13)22-12(3)20/h4-9H,1-3H3. The number of nitrogens with zero attached hydrogens (tertiary/aromatic N) is 1. The van der Waals surface area contributed by atoms with E-state index in [1.807, 2.05) is 19.9 Å². The van der Waals surface area contributed by atoms with Crippen molar-refractivity contribution in [2.45, 2.75) is 20.8 Å². The van der Waals surface area contributed by atoms with Gasteiger partial charge < -0.3 is 9.15 Å². The monoisotopic (exact) mass is 309 g/mol. The molecule has 5 heteroatoms. The van der Waals surface area contributed by atoms with Gasteiger partial charge in [0.05, 0.1) is 5.39 Å². The quantitative estimate of drug-likeness (QED) is 0.536. The molecule has 0 saturated heterocycles. The van der Waals surface area contributed by atoms with Gasteiger partial charge in [0.15, 0.2) is 0 Å². The van der Waals surface area contributed by atoms with E-state index in [1.54, 1.807) is 30.3 Å². The Hall–Kier alpha value is -2.95. The van der Waals surface area contributed by atoms with E-state index in [-0.39, 0.29) is 17.4 Å². The average molecular weight is 309 g/mol. The van der Waals surface area contributed by atoms with Crippen molar-refractivity contribution in [2.75, 3.05) is 0 Å². The Bertz CT molecular complexity index is 972. The van der Waals surface area contributed by atoms with Crippen molar-refractivity contribution >= 4 is 16.9 Å². The van der Waals surface area contributed by atoms with Gasteiger partial charge >= 0.3 is 5.97 Å². The second kappa shape index (κ2) is 5.68. The van der Waals surface area contributed by atoms with Crippen LogP contribution in [0.4, 0.5) is 0 Å². The Morgan fingerprint density at radius 2 is 1.91 bits per heavy atom. The third-order valence-electron chi connectivity index (χ3n) is 3.45. The summed E-state index contributed by atoms with van der Waals surface area (Å²) in [7, 11) is 0. The molecule has 1 heterocycles. The molecular weight excluding hydrogens is 294 g/mol. The molecule has 5 nitrogen and oxygen atoms in total. The first kappa shape index (κ1) is 15.0. The van der Waals surface area contributed by atoms with Gasteiger partial charge in [0.25, 0.3) is 5.56 Å². The molecule has 0 aliphatic heterocycles. The van der Waals surface area contributed by atoms with Crippen LogP contribution in [0.2, 0.25) is 0 Å². The summed E-state index contributed by atoms with van der Waals surface area (Å²) in [5.41, 5.74) is 2.55. The summed E-state index contributed by atoms with van der Waals surface area (Å²) in [6, 6.07) is 10.5. The molecule has 1 aromatic heterocycles. The van der Waals surface area contributed by atoms with Gasteiger partial charge in [-0.3, -0.25) is 9.59 Å². The molecule has 0 saturated carbocycles. The van der Waals surface area contributed by atoms with Crippen LogP contribution >= 0.6 is 0 Å². The summed E-state index contributed by atoms with van der Waals surface area (Å²) in [4.78, 5) is 27.2. The van der Waals surface area contributed by atoms with E-state index in [9.17, 15) is 9.59 Å². The number of fused-ring (bicyclic) bond motifs is 1. The zero-order chi connectivity index (χ0) is 16.6. The van der Waals surface area contributed by atoms with Crippen LogP contribution in [-0.2, 0) is 4.79 Å². The summed E-state index contributed by atoms with van der Waals surface area (Å²) >= 11 is 0. The number of hydrogen-bond acceptors (Lipinski definition) is 5. The van der Waals surface area contributed by atoms with E-state index in [0.717, 1.165) is 11.1 Å². The van der Waals surface area contributed by atoms with Gasteiger partial charge in [0, 0.05) is 12.5 Å². The van der Waals surface area contributed by atoms with Crippen LogP contribution in [-0.4, -0.2) is 11.0 Å². The topological polar surface area (TPSA) is 69.4 Å². The van der Waals surface area contributed by atoms with Gasteiger partial charge in [-0.2, -0.15) is 4.98 Å². The highest BCUT2D eigenvalue weighted by Gasteiger charge is 2.11. The Morgan fingerprint density at radius 1 is 1.13 bits per heavy atom. The van der Waals surface area contributed by atoms with Crippen molar-refractivity contribution in [1.82, 2.24) is 4.98 Å². The third kappa shape index (κ3) is 2.99. The molecule has 2 aromatic carbocycles. The number of benzene rings is 2. The Labute approximate surface area is 132 Å². The van der Waals surface area contributed by atoms with Gasteiger partial charge in [0.2, 0.25) is 5.89 Å². The van der Waals surface area contributed by atoms with E-state index >= 15 is 0 Å². The SMILES string of the molecule is CC(=O)Oc1ccc(-c2nc(=O)c3cc(C)ccc3o2)cc1C. The fourth-order valence-electron chi connectivity index (χ4n) is 2.35. The van der Waals surface area contributed by atoms with Crippen LogP contribution in [0.1, 0.15) is 18.1 Å². The average Bonchev–Trinajstić information content (AvgIpc) is 2.49. The third-order valence-corrected chi connectivity index (χ3v) is 3.45. The molecule has 0 amide bonds. The Kier molecular flexibility index (Phi) is 3.70. The van der Waals surface area contributed by atoms with Gasteiger partial charge in [0.1, 0.15) is 11.3 Å². The van der Waals surface area contributed by atoms with Crippen molar-refractivity contribution in [1.29, 1.82) is 0 Å². The van der Waals surface area contributed by atoms with Gasteiger partial charge in [-0.25, -0.2) is 0 Å². The Balaban J connectivity index is 2.10. The maximum Gasteiger partial charge on any atom is 0.308 e. The van der Waals surface area contributed by atoms with E-state index in [1.165, 1.54) is 6.92 Å². The summed E-state index contributed by atoms with van der Waals surface area (Å²) < 4.78 is 10.8. The van der Waals surface area contributed by atoms with E-state index < -0.39 is 0 Å². The predicted octanol–water partition coefficient (Wildman–Crippen LogP) is 3.40. The van der Waals surface area contributed by atoms with Crippen LogP contribution in [0.25, 0.3) is 22.4 Å². The second-order valence-electron chi connectivity index (χ2n) is 5.40. The van der Waals surface area contributed by atoms with E-state index in [0.29, 0.717) is 22.3 Å². The summed E-state index contributed by atoms with van der Waals surface area (Å²) in [5, 5.41) is 0.460. The number of esters is 1. The molecule has 0 fully saturated rings. The number of hydrogen-bond donors (Lipinski definition) is 0. The van der Waals surface area contributed by atoms with Crippen molar-refractivity contribution in [3.63, 3.8) is 0 Å². The normalized spacial score (nSPS) is 10.7. The summed E-state index contributed by atoms with van der Waals surface area (Å²) in [5.74, 6) is 0.329. The fourth-order valence-corrected chi connectivity index (χ4v) is 2.35. The largest absolute Gasteiger partial charge is 0.437 e. The molecular formula is C18H15NO4. The molecule has 0 aliphatic carbocycles. The maximum absolute atomic E-state index is 12.2. The minimum Gasteiger partial charge on any atom is -0.437 e. The number of rotatable bonds is 2. The molecule has 0 atom stereocenters. The molecule has 0 N–H and O–H groups in total. The lowest BCUT2D eigenvalue weighted by atomic mass is 10.1. The lowest BCUT2D eigenvalue weighted by molar-refractivity contribution is -0.131. The lowest BCUT2D eigenvalue weighted by Gasteiger charge is -2.07. The van der Waals surface area contributed by atoms with Crippen molar-refractivity contribution in [3.05, 3.63) is 57.9 Å². The molecule has 0 unspecified atom stereocenters. The van der Waals surface area contributed by atoms with Crippen LogP contribution in [0.3, 0.4) is 0 Å². The van der Waals surface area contributed by atoms with Crippen LogP contribution < -0.4 is 10.3 Å². The van der Waals surface area contributed by atoms with E-state index in [2.05, 4.69) is 4.98 Å². The van der Waals surface area contributed by atoms with Crippen molar-refractivity contribution in [2.24, 2.45) is 0 Å². The highest BCUT2D eigenvalue weighted by atomic mass is 16.5. The summed E-state index contributed by atoms with van der Waals surface area (Å²) in [6.45, 7) is 5.06. The molecule has 0 radical (unpaired) electrons. The number of carbonyl (C=O) groups is 1. The molecule has 3 rings (SSSR count). The molecule has 0 aliphatic rings. The molecule has 23 heavy (non-hydrogen) atoms. The minimum absolute atomic E-state index is 0.240. The molecule has 3 aromatic rings.